The first-order chi connectivity index (χ1) is 12.7. The van der Waals surface area contributed by atoms with Gasteiger partial charge in [0, 0.05) is 5.41 Å². The summed E-state index contributed by atoms with van der Waals surface area (Å²) in [6.07, 6.45) is 10.1. The number of benzene rings is 2. The monoisotopic (exact) mass is 350 g/mol. The van der Waals surface area contributed by atoms with Crippen LogP contribution >= 0.6 is 0 Å². The Balaban J connectivity index is 2.82. The molecule has 0 fully saturated rings. The molecule has 2 aromatic carbocycles. The van der Waals surface area contributed by atoms with E-state index in [-0.39, 0.29) is 5.41 Å². The Hall–Kier alpha value is -1.56. The lowest BCUT2D eigenvalue weighted by atomic mass is 9.50. The highest BCUT2D eigenvalue weighted by Gasteiger charge is 2.50. The molecule has 0 amide bonds. The van der Waals surface area contributed by atoms with Gasteiger partial charge in [0.2, 0.25) is 0 Å². The van der Waals surface area contributed by atoms with Crippen molar-refractivity contribution in [3.63, 3.8) is 0 Å². The van der Waals surface area contributed by atoms with Gasteiger partial charge >= 0.3 is 0 Å². The average molecular weight is 351 g/mol. The molecule has 0 aliphatic rings. The molecule has 0 heteroatoms. The molecule has 0 aromatic heterocycles. The Morgan fingerprint density at radius 2 is 0.846 bits per heavy atom. The van der Waals surface area contributed by atoms with E-state index in [4.69, 9.17) is 0 Å². The van der Waals surface area contributed by atoms with Crippen LogP contribution in [0.4, 0.5) is 0 Å². The predicted octanol–water partition coefficient (Wildman–Crippen LogP) is 8.16. The van der Waals surface area contributed by atoms with Crippen molar-refractivity contribution in [1.29, 1.82) is 0 Å². The first kappa shape index (κ1) is 20.7. The van der Waals surface area contributed by atoms with Gasteiger partial charge in [-0.15, -0.1) is 0 Å². The summed E-state index contributed by atoms with van der Waals surface area (Å²) in [7, 11) is 0. The molecule has 2 rings (SSSR count). The number of hydrogen-bond acceptors (Lipinski definition) is 0. The van der Waals surface area contributed by atoms with E-state index in [0.717, 1.165) is 0 Å². The van der Waals surface area contributed by atoms with E-state index >= 15 is 0 Å². The molecule has 0 unspecified atom stereocenters. The molecule has 0 nitrogen and oxygen atoms in total. The van der Waals surface area contributed by atoms with E-state index in [9.17, 15) is 0 Å². The van der Waals surface area contributed by atoms with Crippen molar-refractivity contribution in [2.75, 3.05) is 0 Å². The molecule has 0 bridgehead atoms. The Labute approximate surface area is 162 Å². The van der Waals surface area contributed by atoms with Gasteiger partial charge in [-0.05, 0) is 42.2 Å². The first-order valence-electron chi connectivity index (χ1n) is 10.8. The molecular formula is C26H38. The van der Waals surface area contributed by atoms with Crippen LogP contribution in [0.5, 0.6) is 0 Å². The van der Waals surface area contributed by atoms with Gasteiger partial charge in [0.05, 0.1) is 0 Å². The maximum Gasteiger partial charge on any atom is 0.0259 e. The second-order valence-electron chi connectivity index (χ2n) is 7.92. The van der Waals surface area contributed by atoms with Gasteiger partial charge in [-0.3, -0.25) is 0 Å². The maximum absolute atomic E-state index is 2.39. The Bertz CT molecular complexity index is 554. The largest absolute Gasteiger partial charge is 0.0654 e. The van der Waals surface area contributed by atoms with Crippen molar-refractivity contribution in [3.8, 4) is 0 Å². The highest BCUT2D eigenvalue weighted by molar-refractivity contribution is 5.42. The van der Waals surface area contributed by atoms with E-state index in [0.29, 0.717) is 5.41 Å². The number of rotatable bonds is 11. The van der Waals surface area contributed by atoms with Crippen LogP contribution in [0.1, 0.15) is 90.2 Å². The maximum atomic E-state index is 2.39. The third-order valence-electron chi connectivity index (χ3n) is 6.25. The SMILES string of the molecule is CCCC(CCC)(CCC)C(CCC)(c1ccccc1)c1ccccc1. The topological polar surface area (TPSA) is 0 Å². The van der Waals surface area contributed by atoms with Crippen molar-refractivity contribution in [1.82, 2.24) is 0 Å². The lowest BCUT2D eigenvalue weighted by molar-refractivity contribution is 0.0916. The van der Waals surface area contributed by atoms with Crippen LogP contribution in [0.2, 0.25) is 0 Å². The van der Waals surface area contributed by atoms with E-state index in [1.54, 1.807) is 0 Å². The average Bonchev–Trinajstić information content (AvgIpc) is 2.68. The van der Waals surface area contributed by atoms with Gasteiger partial charge in [0.15, 0.2) is 0 Å². The molecule has 142 valence electrons. The van der Waals surface area contributed by atoms with E-state index in [1.807, 2.05) is 0 Å². The molecule has 0 aliphatic carbocycles. The van der Waals surface area contributed by atoms with Crippen LogP contribution in [0, 0.1) is 5.41 Å². The third kappa shape index (κ3) is 3.90. The molecule has 2 aromatic rings. The van der Waals surface area contributed by atoms with Gasteiger partial charge < -0.3 is 0 Å². The minimum atomic E-state index is 0.103. The molecule has 0 heterocycles. The Morgan fingerprint density at radius 1 is 0.500 bits per heavy atom. The van der Waals surface area contributed by atoms with E-state index in [2.05, 4.69) is 88.4 Å². The van der Waals surface area contributed by atoms with Crippen molar-refractivity contribution in [3.05, 3.63) is 71.8 Å². The molecule has 0 saturated heterocycles. The standard InChI is InChI=1S/C26H38/c1-5-19-25(20-6-2,21-7-3)26(22-8-4,23-15-11-9-12-16-23)24-17-13-10-14-18-24/h9-18H,5-8,19-22H2,1-4H3. The zero-order valence-electron chi connectivity index (χ0n) is 17.4. The summed E-state index contributed by atoms with van der Waals surface area (Å²) in [4.78, 5) is 0. The smallest absolute Gasteiger partial charge is 0.0259 e. The van der Waals surface area contributed by atoms with Crippen molar-refractivity contribution in [2.24, 2.45) is 5.41 Å². The summed E-state index contributed by atoms with van der Waals surface area (Å²) in [6, 6.07) is 22.8. The second-order valence-corrected chi connectivity index (χ2v) is 7.92. The summed E-state index contributed by atoms with van der Waals surface area (Å²) < 4.78 is 0. The summed E-state index contributed by atoms with van der Waals surface area (Å²) in [5.41, 5.74) is 3.46. The van der Waals surface area contributed by atoms with E-state index < -0.39 is 0 Å². The Morgan fingerprint density at radius 3 is 1.15 bits per heavy atom. The van der Waals surface area contributed by atoms with Crippen molar-refractivity contribution in [2.45, 2.75) is 84.5 Å². The third-order valence-corrected chi connectivity index (χ3v) is 6.25. The quantitative estimate of drug-likeness (QED) is 0.383. The summed E-state index contributed by atoms with van der Waals surface area (Å²) in [6.45, 7) is 9.46. The predicted molar refractivity (Wildman–Crippen MR) is 116 cm³/mol. The minimum absolute atomic E-state index is 0.103. The number of hydrogen-bond donors (Lipinski definition) is 0. The van der Waals surface area contributed by atoms with Crippen LogP contribution in [-0.2, 0) is 5.41 Å². The van der Waals surface area contributed by atoms with Crippen LogP contribution in [0.25, 0.3) is 0 Å². The lowest BCUT2D eigenvalue weighted by Gasteiger charge is -2.53. The fourth-order valence-corrected chi connectivity index (χ4v) is 5.60. The van der Waals surface area contributed by atoms with Crippen LogP contribution < -0.4 is 0 Å². The van der Waals surface area contributed by atoms with E-state index in [1.165, 1.54) is 62.5 Å². The van der Waals surface area contributed by atoms with Gasteiger partial charge in [-0.1, -0.05) is 114 Å². The highest BCUT2D eigenvalue weighted by Crippen LogP contribution is 2.57. The lowest BCUT2D eigenvalue weighted by Crippen LogP contribution is -2.47. The molecular weight excluding hydrogens is 312 g/mol. The van der Waals surface area contributed by atoms with Gasteiger partial charge in [-0.2, -0.15) is 0 Å². The Kier molecular flexibility index (Phi) is 7.94. The first-order valence-corrected chi connectivity index (χ1v) is 10.8. The molecule has 0 radical (unpaired) electrons. The molecule has 26 heavy (non-hydrogen) atoms. The highest BCUT2D eigenvalue weighted by atomic mass is 14.5. The van der Waals surface area contributed by atoms with Gasteiger partial charge in [0.1, 0.15) is 0 Å². The zero-order valence-corrected chi connectivity index (χ0v) is 17.4. The normalized spacial score (nSPS) is 12.3. The fourth-order valence-electron chi connectivity index (χ4n) is 5.60. The molecule has 0 saturated carbocycles. The van der Waals surface area contributed by atoms with Crippen molar-refractivity contribution >= 4 is 0 Å². The second kappa shape index (κ2) is 9.95. The summed E-state index contributed by atoms with van der Waals surface area (Å²) >= 11 is 0. The van der Waals surface area contributed by atoms with Crippen molar-refractivity contribution < 1.29 is 0 Å². The van der Waals surface area contributed by atoms with Gasteiger partial charge in [0.25, 0.3) is 0 Å². The van der Waals surface area contributed by atoms with Crippen LogP contribution in [-0.4, -0.2) is 0 Å². The van der Waals surface area contributed by atoms with Gasteiger partial charge in [-0.25, -0.2) is 0 Å². The van der Waals surface area contributed by atoms with Crippen LogP contribution in [0.3, 0.4) is 0 Å². The zero-order chi connectivity index (χ0) is 18.9. The molecule has 0 atom stereocenters. The summed E-state index contributed by atoms with van der Waals surface area (Å²) in [5, 5.41) is 0. The molecule has 0 spiro atoms. The fraction of sp³-hybridized carbons (Fsp3) is 0.538. The molecule has 0 aliphatic heterocycles. The molecule has 0 N–H and O–H groups in total. The van der Waals surface area contributed by atoms with Crippen LogP contribution in [0.15, 0.2) is 60.7 Å². The summed E-state index contributed by atoms with van der Waals surface area (Å²) in [5.74, 6) is 0. The minimum Gasteiger partial charge on any atom is -0.0654 e.